The average Bonchev–Trinajstić information content (AvgIpc) is 2.67. The molecule has 1 N–H and O–H groups in total. The zero-order valence-corrected chi connectivity index (χ0v) is 9.00. The van der Waals surface area contributed by atoms with Crippen LogP contribution in [0.3, 0.4) is 0 Å². The number of benzene rings is 1. The third-order valence-electron chi connectivity index (χ3n) is 2.48. The largest absolute Gasteiger partial charge is 0.377 e. The summed E-state index contributed by atoms with van der Waals surface area (Å²) in [6.45, 7) is 4.75. The smallest absolute Gasteiger partial charge is 0.123 e. The van der Waals surface area contributed by atoms with Crippen LogP contribution in [0.4, 0.5) is 4.39 Å². The predicted molar refractivity (Wildman–Crippen MR) is 63.0 cm³/mol. The summed E-state index contributed by atoms with van der Waals surface area (Å²) in [5, 5.41) is 0.933. The standard InChI is InChI=1S/C13H14FNO/c1-2-6-16-7-5-10-9-15-13-4-3-11(14)8-12(10)13/h2-4,8-9,15H,1,5-7H2. The molecule has 0 fully saturated rings. The fourth-order valence-electron chi connectivity index (χ4n) is 1.71. The lowest BCUT2D eigenvalue weighted by Crippen LogP contribution is -1.97. The van der Waals surface area contributed by atoms with Crippen LogP contribution in [0.1, 0.15) is 5.56 Å². The van der Waals surface area contributed by atoms with Crippen molar-refractivity contribution in [1.82, 2.24) is 4.98 Å². The molecule has 0 unspecified atom stereocenters. The Labute approximate surface area is 93.7 Å². The zero-order valence-electron chi connectivity index (χ0n) is 9.00. The second kappa shape index (κ2) is 4.94. The lowest BCUT2D eigenvalue weighted by molar-refractivity contribution is 0.166. The van der Waals surface area contributed by atoms with E-state index in [9.17, 15) is 4.39 Å². The van der Waals surface area contributed by atoms with Crippen molar-refractivity contribution in [2.45, 2.75) is 6.42 Å². The second-order valence-corrected chi connectivity index (χ2v) is 3.62. The number of nitrogens with one attached hydrogen (secondary N) is 1. The summed E-state index contributed by atoms with van der Waals surface area (Å²) in [7, 11) is 0. The van der Waals surface area contributed by atoms with Crippen molar-refractivity contribution < 1.29 is 9.13 Å². The molecule has 0 saturated carbocycles. The van der Waals surface area contributed by atoms with Crippen LogP contribution in [0.5, 0.6) is 0 Å². The van der Waals surface area contributed by atoms with Gasteiger partial charge in [0, 0.05) is 17.1 Å². The first-order valence-electron chi connectivity index (χ1n) is 5.25. The molecule has 0 spiro atoms. The molecule has 0 amide bonds. The highest BCUT2D eigenvalue weighted by molar-refractivity contribution is 5.83. The van der Waals surface area contributed by atoms with Gasteiger partial charge in [-0.3, -0.25) is 0 Å². The van der Waals surface area contributed by atoms with Gasteiger partial charge in [0.15, 0.2) is 0 Å². The Morgan fingerprint density at radius 3 is 3.12 bits per heavy atom. The van der Waals surface area contributed by atoms with Crippen LogP contribution in [-0.4, -0.2) is 18.2 Å². The van der Waals surface area contributed by atoms with Crippen molar-refractivity contribution in [3.05, 3.63) is 48.4 Å². The van der Waals surface area contributed by atoms with Gasteiger partial charge in [-0.15, -0.1) is 6.58 Å². The molecule has 0 aliphatic heterocycles. The van der Waals surface area contributed by atoms with Crippen LogP contribution in [0.15, 0.2) is 37.1 Å². The van der Waals surface area contributed by atoms with Gasteiger partial charge >= 0.3 is 0 Å². The van der Waals surface area contributed by atoms with E-state index in [2.05, 4.69) is 11.6 Å². The molecule has 1 aromatic carbocycles. The van der Waals surface area contributed by atoms with Gasteiger partial charge in [-0.25, -0.2) is 4.39 Å². The van der Waals surface area contributed by atoms with Crippen molar-refractivity contribution in [3.8, 4) is 0 Å². The molecule has 2 rings (SSSR count). The lowest BCUT2D eigenvalue weighted by Gasteiger charge is -2.00. The summed E-state index contributed by atoms with van der Waals surface area (Å²) in [4.78, 5) is 3.11. The van der Waals surface area contributed by atoms with Crippen LogP contribution < -0.4 is 0 Å². The highest BCUT2D eigenvalue weighted by Crippen LogP contribution is 2.19. The van der Waals surface area contributed by atoms with Gasteiger partial charge in [-0.2, -0.15) is 0 Å². The van der Waals surface area contributed by atoms with Gasteiger partial charge in [0.1, 0.15) is 5.82 Å². The number of ether oxygens (including phenoxy) is 1. The number of hydrogen-bond donors (Lipinski definition) is 1. The first-order chi connectivity index (χ1) is 7.81. The van der Waals surface area contributed by atoms with E-state index in [1.54, 1.807) is 18.2 Å². The third kappa shape index (κ3) is 2.31. The molecule has 2 aromatic rings. The molecule has 3 heteroatoms. The molecule has 84 valence electrons. The van der Waals surface area contributed by atoms with Crippen LogP contribution in [-0.2, 0) is 11.2 Å². The number of aromatic nitrogens is 1. The normalized spacial score (nSPS) is 10.8. The summed E-state index contributed by atoms with van der Waals surface area (Å²) in [5.74, 6) is -0.208. The van der Waals surface area contributed by atoms with Gasteiger partial charge < -0.3 is 9.72 Å². The minimum Gasteiger partial charge on any atom is -0.377 e. The fraction of sp³-hybridized carbons (Fsp3) is 0.231. The molecule has 0 saturated heterocycles. The van der Waals surface area contributed by atoms with Crippen LogP contribution in [0.2, 0.25) is 0 Å². The van der Waals surface area contributed by atoms with Gasteiger partial charge in [0.25, 0.3) is 0 Å². The van der Waals surface area contributed by atoms with Gasteiger partial charge in [0.2, 0.25) is 0 Å². The molecule has 0 aliphatic carbocycles. The summed E-state index contributed by atoms with van der Waals surface area (Å²) < 4.78 is 18.4. The molecule has 1 aromatic heterocycles. The molecule has 0 radical (unpaired) electrons. The summed E-state index contributed by atoms with van der Waals surface area (Å²) in [5.41, 5.74) is 2.04. The fourth-order valence-corrected chi connectivity index (χ4v) is 1.71. The van der Waals surface area contributed by atoms with E-state index < -0.39 is 0 Å². The Bertz CT molecular complexity index is 490. The number of halogens is 1. The second-order valence-electron chi connectivity index (χ2n) is 3.62. The quantitative estimate of drug-likeness (QED) is 0.606. The molecule has 2 nitrogen and oxygen atoms in total. The molecule has 0 aliphatic rings. The molecule has 0 bridgehead atoms. The van der Waals surface area contributed by atoms with Gasteiger partial charge in [-0.05, 0) is 30.2 Å². The third-order valence-corrected chi connectivity index (χ3v) is 2.48. The number of rotatable bonds is 5. The Balaban J connectivity index is 2.11. The van der Waals surface area contributed by atoms with Crippen molar-refractivity contribution in [2.24, 2.45) is 0 Å². The van der Waals surface area contributed by atoms with Gasteiger partial charge in [-0.1, -0.05) is 6.08 Å². The molecular weight excluding hydrogens is 205 g/mol. The van der Waals surface area contributed by atoms with E-state index in [-0.39, 0.29) is 5.82 Å². The van der Waals surface area contributed by atoms with Crippen molar-refractivity contribution in [1.29, 1.82) is 0 Å². The predicted octanol–water partition coefficient (Wildman–Crippen LogP) is 3.05. The Morgan fingerprint density at radius 2 is 2.31 bits per heavy atom. The maximum Gasteiger partial charge on any atom is 0.123 e. The average molecular weight is 219 g/mol. The zero-order chi connectivity index (χ0) is 11.4. The lowest BCUT2D eigenvalue weighted by atomic mass is 10.1. The van der Waals surface area contributed by atoms with E-state index in [4.69, 9.17) is 4.74 Å². The van der Waals surface area contributed by atoms with Crippen molar-refractivity contribution in [2.75, 3.05) is 13.2 Å². The summed E-state index contributed by atoms with van der Waals surface area (Å²) in [6.07, 6.45) is 4.40. The number of aromatic amines is 1. The monoisotopic (exact) mass is 219 g/mol. The Hall–Kier alpha value is -1.61. The topological polar surface area (TPSA) is 25.0 Å². The van der Waals surface area contributed by atoms with Crippen LogP contribution >= 0.6 is 0 Å². The molecule has 0 atom stereocenters. The number of fused-ring (bicyclic) bond motifs is 1. The summed E-state index contributed by atoms with van der Waals surface area (Å²) >= 11 is 0. The maximum absolute atomic E-state index is 13.1. The van der Waals surface area contributed by atoms with Crippen LogP contribution in [0.25, 0.3) is 10.9 Å². The van der Waals surface area contributed by atoms with Crippen molar-refractivity contribution in [3.63, 3.8) is 0 Å². The molecular formula is C13H14FNO. The molecule has 1 heterocycles. The number of H-pyrrole nitrogens is 1. The van der Waals surface area contributed by atoms with E-state index >= 15 is 0 Å². The highest BCUT2D eigenvalue weighted by atomic mass is 19.1. The first kappa shape index (κ1) is 10.9. The van der Waals surface area contributed by atoms with Crippen molar-refractivity contribution >= 4 is 10.9 Å². The molecule has 16 heavy (non-hydrogen) atoms. The Kier molecular flexibility index (Phi) is 3.37. The summed E-state index contributed by atoms with van der Waals surface area (Å²) in [6, 6.07) is 4.75. The van der Waals surface area contributed by atoms with Gasteiger partial charge in [0.05, 0.1) is 13.2 Å². The maximum atomic E-state index is 13.1. The minimum absolute atomic E-state index is 0.208. The van der Waals surface area contributed by atoms with E-state index in [1.165, 1.54) is 6.07 Å². The van der Waals surface area contributed by atoms with E-state index in [1.807, 2.05) is 6.20 Å². The minimum atomic E-state index is -0.208. The van der Waals surface area contributed by atoms with E-state index in [0.717, 1.165) is 22.9 Å². The Morgan fingerprint density at radius 1 is 1.44 bits per heavy atom. The highest BCUT2D eigenvalue weighted by Gasteiger charge is 2.04. The SMILES string of the molecule is C=CCOCCc1c[nH]c2ccc(F)cc12. The number of hydrogen-bond acceptors (Lipinski definition) is 1. The van der Waals surface area contributed by atoms with E-state index in [0.29, 0.717) is 13.2 Å². The first-order valence-corrected chi connectivity index (χ1v) is 5.25. The van der Waals surface area contributed by atoms with Crippen LogP contribution in [0, 0.1) is 5.82 Å².